The van der Waals surface area contributed by atoms with Gasteiger partial charge in [-0.1, -0.05) is 0 Å². The van der Waals surface area contributed by atoms with Gasteiger partial charge in [-0.05, 0) is 30.9 Å². The minimum atomic E-state index is -4.83. The molecule has 1 aliphatic carbocycles. The molecule has 3 aromatic rings. The van der Waals surface area contributed by atoms with Crippen LogP contribution < -0.4 is 21.4 Å². The number of aromatic nitrogens is 2. The number of alkyl halides is 3. The zero-order valence-electron chi connectivity index (χ0n) is 20.0. The number of anilines is 1. The van der Waals surface area contributed by atoms with Gasteiger partial charge in [0, 0.05) is 18.3 Å². The highest BCUT2D eigenvalue weighted by Gasteiger charge is 2.50. The van der Waals surface area contributed by atoms with Gasteiger partial charge < -0.3 is 15.8 Å². The van der Waals surface area contributed by atoms with Crippen LogP contribution in [0, 0.1) is 23.4 Å². The average molecular weight is 569 g/mol. The SMILES string of the molecule is NC(=O)[C@H]1CN(c2ccc3c(=O)c(C(=O)NC(C4CC4)C(F)(F)F)cn(-c4c(F)cc(F)cc4F)c3n2)C(=O)O1. The highest BCUT2D eigenvalue weighted by molar-refractivity contribution is 5.98. The zero-order valence-corrected chi connectivity index (χ0v) is 20.0. The number of halogens is 6. The molecule has 40 heavy (non-hydrogen) atoms. The fraction of sp³-hybridized carbons (Fsp3) is 0.292. The molecule has 3 heterocycles. The number of nitrogens with two attached hydrogens (primary N) is 1. The molecule has 0 bridgehead atoms. The molecule has 2 atom stereocenters. The van der Waals surface area contributed by atoms with Gasteiger partial charge in [0.05, 0.1) is 11.9 Å². The van der Waals surface area contributed by atoms with Crippen LogP contribution in [-0.4, -0.2) is 52.3 Å². The van der Waals surface area contributed by atoms with Gasteiger partial charge in [0.2, 0.25) is 5.43 Å². The number of ether oxygens (including phenoxy) is 1. The standard InChI is InChI=1S/C24H17F6N5O5/c25-10-5-13(26)17(14(27)6-10)35-7-12(22(38)33-19(9-1-2-9)24(28,29)30)18(36)11-3-4-16(32-21(11)35)34-8-15(20(31)37)40-23(34)39/h3-7,9,15,19H,1-2,8H2,(H2,31,37)(H,33,38)/t15-,19?/m1/s1. The van der Waals surface area contributed by atoms with Crippen LogP contribution >= 0.6 is 0 Å². The Hall–Kier alpha value is -4.63. The predicted octanol–water partition coefficient (Wildman–Crippen LogP) is 2.68. The van der Waals surface area contributed by atoms with Crippen LogP contribution in [-0.2, 0) is 9.53 Å². The first kappa shape index (κ1) is 27.0. The van der Waals surface area contributed by atoms with Crippen molar-refractivity contribution in [3.05, 3.63) is 63.7 Å². The maximum absolute atomic E-state index is 14.9. The van der Waals surface area contributed by atoms with Crippen molar-refractivity contribution in [1.29, 1.82) is 0 Å². The number of pyridine rings is 2. The van der Waals surface area contributed by atoms with Gasteiger partial charge in [-0.15, -0.1) is 0 Å². The number of nitrogens with zero attached hydrogens (tertiary/aromatic N) is 3. The van der Waals surface area contributed by atoms with Crippen molar-refractivity contribution in [1.82, 2.24) is 14.9 Å². The zero-order chi connectivity index (χ0) is 29.1. The van der Waals surface area contributed by atoms with Gasteiger partial charge in [0.25, 0.3) is 11.8 Å². The van der Waals surface area contributed by atoms with Gasteiger partial charge >= 0.3 is 12.3 Å². The Bertz CT molecular complexity index is 1610. The molecule has 10 nitrogen and oxygen atoms in total. The van der Waals surface area contributed by atoms with Crippen molar-refractivity contribution >= 4 is 34.8 Å². The van der Waals surface area contributed by atoms with Crippen molar-refractivity contribution in [2.45, 2.75) is 31.2 Å². The topological polar surface area (TPSA) is 137 Å². The number of amides is 3. The van der Waals surface area contributed by atoms with E-state index >= 15 is 0 Å². The number of hydrogen-bond acceptors (Lipinski definition) is 6. The molecule has 210 valence electrons. The molecular weight excluding hydrogens is 552 g/mol. The Morgan fingerprint density at radius 1 is 1.10 bits per heavy atom. The lowest BCUT2D eigenvalue weighted by atomic mass is 10.1. The van der Waals surface area contributed by atoms with Crippen molar-refractivity contribution in [3.63, 3.8) is 0 Å². The lowest BCUT2D eigenvalue weighted by Gasteiger charge is -2.22. The molecule has 3 amide bonds. The van der Waals surface area contributed by atoms with E-state index in [9.17, 15) is 45.5 Å². The summed E-state index contributed by atoms with van der Waals surface area (Å²) in [6.45, 7) is -0.392. The summed E-state index contributed by atoms with van der Waals surface area (Å²) < 4.78 is 89.3. The highest BCUT2D eigenvalue weighted by Crippen LogP contribution is 2.40. The first-order chi connectivity index (χ1) is 18.8. The van der Waals surface area contributed by atoms with Gasteiger partial charge in [0.15, 0.2) is 23.4 Å². The van der Waals surface area contributed by atoms with Crippen LogP contribution in [0.15, 0.2) is 35.3 Å². The maximum atomic E-state index is 14.9. The molecule has 2 fully saturated rings. The molecule has 2 aliphatic rings. The van der Waals surface area contributed by atoms with E-state index in [2.05, 4.69) is 4.98 Å². The summed E-state index contributed by atoms with van der Waals surface area (Å²) in [5.41, 5.74) is 1.55. The number of benzene rings is 1. The third-order valence-corrected chi connectivity index (χ3v) is 6.44. The number of carbonyl (C=O) groups excluding carboxylic acids is 3. The molecule has 16 heteroatoms. The quantitative estimate of drug-likeness (QED) is 0.438. The minimum absolute atomic E-state index is 0.195. The largest absolute Gasteiger partial charge is 0.434 e. The summed E-state index contributed by atoms with van der Waals surface area (Å²) in [5, 5.41) is 1.30. The average Bonchev–Trinajstić information content (AvgIpc) is 3.62. The summed E-state index contributed by atoms with van der Waals surface area (Å²) in [4.78, 5) is 54.8. The third-order valence-electron chi connectivity index (χ3n) is 6.44. The van der Waals surface area contributed by atoms with Gasteiger partial charge in [-0.2, -0.15) is 13.2 Å². The Morgan fingerprint density at radius 2 is 1.75 bits per heavy atom. The molecule has 1 unspecified atom stereocenters. The fourth-order valence-corrected chi connectivity index (χ4v) is 4.35. The Morgan fingerprint density at radius 3 is 2.30 bits per heavy atom. The number of carbonyl (C=O) groups is 3. The molecule has 1 saturated carbocycles. The van der Waals surface area contributed by atoms with Gasteiger partial charge in [0.1, 0.15) is 28.9 Å². The molecule has 2 aromatic heterocycles. The number of rotatable bonds is 6. The summed E-state index contributed by atoms with van der Waals surface area (Å²) in [7, 11) is 0. The molecule has 5 rings (SSSR count). The lowest BCUT2D eigenvalue weighted by molar-refractivity contribution is -0.158. The Kier molecular flexibility index (Phi) is 6.42. The van der Waals surface area contributed by atoms with Gasteiger partial charge in [-0.25, -0.2) is 22.9 Å². The number of fused-ring (bicyclic) bond motifs is 1. The molecule has 1 aromatic carbocycles. The first-order valence-electron chi connectivity index (χ1n) is 11.6. The van der Waals surface area contributed by atoms with Crippen LogP contribution in [0.2, 0.25) is 0 Å². The second-order valence-electron chi connectivity index (χ2n) is 9.22. The highest BCUT2D eigenvalue weighted by atomic mass is 19.4. The van der Waals surface area contributed by atoms with Crippen molar-refractivity contribution in [2.75, 3.05) is 11.4 Å². The number of hydrogen-bond donors (Lipinski definition) is 2. The second kappa shape index (κ2) is 9.53. The Balaban J connectivity index is 1.69. The second-order valence-corrected chi connectivity index (χ2v) is 9.22. The number of primary amides is 1. The van der Waals surface area contributed by atoms with Crippen molar-refractivity contribution in [3.8, 4) is 5.69 Å². The molecule has 0 spiro atoms. The summed E-state index contributed by atoms with van der Waals surface area (Å²) in [6.07, 6.45) is -6.27. The van der Waals surface area contributed by atoms with Crippen molar-refractivity contribution in [2.24, 2.45) is 11.7 Å². The van der Waals surface area contributed by atoms with Crippen LogP contribution in [0.25, 0.3) is 16.7 Å². The van der Waals surface area contributed by atoms with Crippen LogP contribution in [0.4, 0.5) is 37.0 Å². The number of cyclic esters (lactones) is 1. The summed E-state index contributed by atoms with van der Waals surface area (Å²) in [5.74, 6) is -7.89. The first-order valence-corrected chi connectivity index (χ1v) is 11.6. The van der Waals surface area contributed by atoms with E-state index in [1.165, 1.54) is 0 Å². The predicted molar refractivity (Wildman–Crippen MR) is 124 cm³/mol. The van der Waals surface area contributed by atoms with Crippen molar-refractivity contribution < 1.29 is 45.5 Å². The summed E-state index contributed by atoms with van der Waals surface area (Å²) in [6, 6.07) is 0.435. The lowest BCUT2D eigenvalue weighted by Crippen LogP contribution is -2.48. The summed E-state index contributed by atoms with van der Waals surface area (Å²) >= 11 is 0. The molecule has 3 N–H and O–H groups in total. The molecular formula is C24H17F6N5O5. The minimum Gasteiger partial charge on any atom is -0.434 e. The third kappa shape index (κ3) is 4.80. The number of nitrogens with one attached hydrogen (secondary N) is 1. The van der Waals surface area contributed by atoms with E-state index in [-0.39, 0.29) is 18.7 Å². The van der Waals surface area contributed by atoms with Gasteiger partial charge in [-0.3, -0.25) is 23.9 Å². The maximum Gasteiger partial charge on any atom is 0.416 e. The smallest absolute Gasteiger partial charge is 0.416 e. The van der Waals surface area contributed by atoms with Crippen LogP contribution in [0.1, 0.15) is 23.2 Å². The molecule has 1 aliphatic heterocycles. The van der Waals surface area contributed by atoms with E-state index < -0.39 is 93.9 Å². The molecule has 1 saturated heterocycles. The fourth-order valence-electron chi connectivity index (χ4n) is 4.35. The van der Waals surface area contributed by atoms with E-state index in [1.54, 1.807) is 5.32 Å². The Labute approximate surface area is 219 Å². The van der Waals surface area contributed by atoms with E-state index in [0.717, 1.165) is 17.0 Å². The monoisotopic (exact) mass is 569 g/mol. The molecule has 0 radical (unpaired) electrons. The van der Waals surface area contributed by atoms with Crippen LogP contribution in [0.5, 0.6) is 0 Å². The normalized spacial score (nSPS) is 18.1. The van der Waals surface area contributed by atoms with E-state index in [1.807, 2.05) is 0 Å². The van der Waals surface area contributed by atoms with E-state index in [4.69, 9.17) is 10.5 Å². The van der Waals surface area contributed by atoms with E-state index in [0.29, 0.717) is 22.9 Å². The van der Waals surface area contributed by atoms with Crippen LogP contribution in [0.3, 0.4) is 0 Å².